The first kappa shape index (κ1) is 13.6. The predicted molar refractivity (Wildman–Crippen MR) is 75.7 cm³/mol. The molecule has 102 valence electrons. The van der Waals surface area contributed by atoms with Crippen LogP contribution < -0.4 is 5.32 Å². The average Bonchev–Trinajstić information content (AvgIpc) is 2.86. The molecule has 19 heavy (non-hydrogen) atoms. The van der Waals surface area contributed by atoms with Crippen LogP contribution in [0.1, 0.15) is 44.8 Å². The van der Waals surface area contributed by atoms with Crippen molar-refractivity contribution >= 4 is 5.69 Å². The zero-order chi connectivity index (χ0) is 13.8. The van der Waals surface area contributed by atoms with E-state index in [1.807, 2.05) is 29.2 Å². The highest BCUT2D eigenvalue weighted by atomic mass is 19.1. The van der Waals surface area contributed by atoms with Gasteiger partial charge in [-0.15, -0.1) is 0 Å². The van der Waals surface area contributed by atoms with Crippen molar-refractivity contribution < 1.29 is 4.39 Å². The smallest absolute Gasteiger partial charge is 0.123 e. The predicted octanol–water partition coefficient (Wildman–Crippen LogP) is 4.17. The molecule has 0 radical (unpaired) electrons. The molecule has 0 saturated carbocycles. The second-order valence-electron chi connectivity index (χ2n) is 4.96. The molecule has 0 fully saturated rings. The molecule has 3 nitrogen and oxygen atoms in total. The minimum absolute atomic E-state index is 0.172. The molecule has 0 aliphatic carbocycles. The SMILES string of the molecule is CCC(Nc1cnn(C(C)C)c1)c1ccc(F)cc1. The minimum atomic E-state index is -0.203. The van der Waals surface area contributed by atoms with Crippen LogP contribution in [-0.2, 0) is 0 Å². The van der Waals surface area contributed by atoms with Crippen molar-refractivity contribution in [2.75, 3.05) is 5.32 Å². The summed E-state index contributed by atoms with van der Waals surface area (Å²) in [5, 5.41) is 7.74. The highest BCUT2D eigenvalue weighted by molar-refractivity contribution is 5.41. The van der Waals surface area contributed by atoms with Gasteiger partial charge in [0, 0.05) is 12.2 Å². The molecule has 2 rings (SSSR count). The van der Waals surface area contributed by atoms with Gasteiger partial charge >= 0.3 is 0 Å². The maximum absolute atomic E-state index is 12.9. The van der Waals surface area contributed by atoms with Gasteiger partial charge in [-0.3, -0.25) is 4.68 Å². The fourth-order valence-electron chi connectivity index (χ4n) is 2.01. The second kappa shape index (κ2) is 5.87. The molecule has 1 aromatic carbocycles. The van der Waals surface area contributed by atoms with E-state index in [1.54, 1.807) is 0 Å². The Labute approximate surface area is 113 Å². The van der Waals surface area contributed by atoms with Crippen molar-refractivity contribution in [3.63, 3.8) is 0 Å². The summed E-state index contributed by atoms with van der Waals surface area (Å²) < 4.78 is 14.9. The number of nitrogens with one attached hydrogen (secondary N) is 1. The molecule has 0 aliphatic heterocycles. The fourth-order valence-corrected chi connectivity index (χ4v) is 2.01. The minimum Gasteiger partial charge on any atom is -0.376 e. The lowest BCUT2D eigenvalue weighted by Gasteiger charge is -2.17. The van der Waals surface area contributed by atoms with Gasteiger partial charge in [0.05, 0.1) is 17.9 Å². The Morgan fingerprint density at radius 2 is 1.95 bits per heavy atom. The zero-order valence-electron chi connectivity index (χ0n) is 11.6. The number of anilines is 1. The van der Waals surface area contributed by atoms with E-state index in [1.165, 1.54) is 12.1 Å². The van der Waals surface area contributed by atoms with E-state index in [9.17, 15) is 4.39 Å². The molecule has 1 N–H and O–H groups in total. The molecule has 1 atom stereocenters. The lowest BCUT2D eigenvalue weighted by atomic mass is 10.0. The third kappa shape index (κ3) is 3.34. The van der Waals surface area contributed by atoms with Crippen molar-refractivity contribution in [1.29, 1.82) is 0 Å². The third-order valence-corrected chi connectivity index (χ3v) is 3.15. The molecule has 1 unspecified atom stereocenters. The summed E-state index contributed by atoms with van der Waals surface area (Å²) in [5.74, 6) is -0.203. The second-order valence-corrected chi connectivity index (χ2v) is 4.96. The van der Waals surface area contributed by atoms with Crippen LogP contribution in [0.2, 0.25) is 0 Å². The van der Waals surface area contributed by atoms with E-state index in [0.717, 1.165) is 17.7 Å². The topological polar surface area (TPSA) is 29.9 Å². The Kier molecular flexibility index (Phi) is 4.20. The first-order chi connectivity index (χ1) is 9.10. The van der Waals surface area contributed by atoms with Gasteiger partial charge < -0.3 is 5.32 Å². The van der Waals surface area contributed by atoms with Gasteiger partial charge in [0.15, 0.2) is 0 Å². The van der Waals surface area contributed by atoms with Crippen LogP contribution in [0.5, 0.6) is 0 Å². The summed E-state index contributed by atoms with van der Waals surface area (Å²) in [5.41, 5.74) is 2.08. The molecule has 0 saturated heterocycles. The van der Waals surface area contributed by atoms with E-state index in [4.69, 9.17) is 0 Å². The molecule has 0 bridgehead atoms. The Hall–Kier alpha value is -1.84. The monoisotopic (exact) mass is 261 g/mol. The van der Waals surface area contributed by atoms with Crippen LogP contribution in [0.15, 0.2) is 36.7 Å². The maximum Gasteiger partial charge on any atom is 0.123 e. The van der Waals surface area contributed by atoms with Crippen molar-refractivity contribution in [3.8, 4) is 0 Å². The van der Waals surface area contributed by atoms with Crippen LogP contribution in [0.3, 0.4) is 0 Å². The van der Waals surface area contributed by atoms with Crippen LogP contribution in [0.25, 0.3) is 0 Å². The number of halogens is 1. The molecule has 0 spiro atoms. The molecular formula is C15H20FN3. The summed E-state index contributed by atoms with van der Waals surface area (Å²) in [6, 6.07) is 7.16. The fraction of sp³-hybridized carbons (Fsp3) is 0.400. The number of rotatable bonds is 5. The standard InChI is InChI=1S/C15H20FN3/c1-4-15(12-5-7-13(16)8-6-12)18-14-9-17-19(10-14)11(2)3/h5-11,15,18H,4H2,1-3H3. The maximum atomic E-state index is 12.9. The largest absolute Gasteiger partial charge is 0.376 e. The summed E-state index contributed by atoms with van der Waals surface area (Å²) in [4.78, 5) is 0. The van der Waals surface area contributed by atoms with Crippen LogP contribution in [-0.4, -0.2) is 9.78 Å². The first-order valence-corrected chi connectivity index (χ1v) is 6.66. The number of hydrogen-bond donors (Lipinski definition) is 1. The molecule has 0 aliphatic rings. The molecular weight excluding hydrogens is 241 g/mol. The number of benzene rings is 1. The normalized spacial score (nSPS) is 12.7. The Morgan fingerprint density at radius 3 is 2.47 bits per heavy atom. The summed E-state index contributed by atoms with van der Waals surface area (Å²) in [6.07, 6.45) is 4.75. The van der Waals surface area contributed by atoms with Crippen LogP contribution in [0.4, 0.5) is 10.1 Å². The molecule has 1 aromatic heterocycles. The number of aromatic nitrogens is 2. The van der Waals surface area contributed by atoms with Gasteiger partial charge in [0.25, 0.3) is 0 Å². The van der Waals surface area contributed by atoms with Crippen molar-refractivity contribution in [1.82, 2.24) is 9.78 Å². The van der Waals surface area contributed by atoms with E-state index >= 15 is 0 Å². The van der Waals surface area contributed by atoms with Gasteiger partial charge in [-0.25, -0.2) is 4.39 Å². The van der Waals surface area contributed by atoms with Crippen molar-refractivity contribution in [2.45, 2.75) is 39.3 Å². The van der Waals surface area contributed by atoms with E-state index < -0.39 is 0 Å². The number of nitrogens with zero attached hydrogens (tertiary/aromatic N) is 2. The first-order valence-electron chi connectivity index (χ1n) is 6.66. The lowest BCUT2D eigenvalue weighted by molar-refractivity contribution is 0.532. The van der Waals surface area contributed by atoms with E-state index in [0.29, 0.717) is 6.04 Å². The Balaban J connectivity index is 2.12. The van der Waals surface area contributed by atoms with Crippen molar-refractivity contribution in [2.24, 2.45) is 0 Å². The van der Waals surface area contributed by atoms with Gasteiger partial charge in [-0.1, -0.05) is 19.1 Å². The quantitative estimate of drug-likeness (QED) is 0.875. The van der Waals surface area contributed by atoms with Crippen molar-refractivity contribution in [3.05, 3.63) is 48.0 Å². The molecule has 4 heteroatoms. The average molecular weight is 261 g/mol. The van der Waals surface area contributed by atoms with E-state index in [-0.39, 0.29) is 11.9 Å². The third-order valence-electron chi connectivity index (χ3n) is 3.15. The molecule has 2 aromatic rings. The van der Waals surface area contributed by atoms with Gasteiger partial charge in [0.2, 0.25) is 0 Å². The van der Waals surface area contributed by atoms with Gasteiger partial charge in [0.1, 0.15) is 5.82 Å². The van der Waals surface area contributed by atoms with E-state index in [2.05, 4.69) is 31.2 Å². The zero-order valence-corrected chi connectivity index (χ0v) is 11.6. The summed E-state index contributed by atoms with van der Waals surface area (Å²) in [7, 11) is 0. The Morgan fingerprint density at radius 1 is 1.26 bits per heavy atom. The lowest BCUT2D eigenvalue weighted by Crippen LogP contribution is -2.09. The van der Waals surface area contributed by atoms with Crippen LogP contribution in [0, 0.1) is 5.82 Å². The van der Waals surface area contributed by atoms with Crippen LogP contribution >= 0.6 is 0 Å². The number of hydrogen-bond acceptors (Lipinski definition) is 2. The van der Waals surface area contributed by atoms with Gasteiger partial charge in [-0.05, 0) is 38.0 Å². The summed E-state index contributed by atoms with van der Waals surface area (Å²) >= 11 is 0. The Bertz CT molecular complexity index is 516. The summed E-state index contributed by atoms with van der Waals surface area (Å²) in [6.45, 7) is 6.29. The van der Waals surface area contributed by atoms with Gasteiger partial charge in [-0.2, -0.15) is 5.10 Å². The highest BCUT2D eigenvalue weighted by Crippen LogP contribution is 2.23. The highest BCUT2D eigenvalue weighted by Gasteiger charge is 2.10. The molecule has 1 heterocycles. The molecule has 0 amide bonds.